The molecule has 0 aliphatic rings. The number of carboxylic acid groups (broad SMARTS) is 2. The van der Waals surface area contributed by atoms with Gasteiger partial charge in [0.1, 0.15) is 23.9 Å². The highest BCUT2D eigenvalue weighted by Gasteiger charge is 2.32. The van der Waals surface area contributed by atoms with Gasteiger partial charge in [0.15, 0.2) is 0 Å². The van der Waals surface area contributed by atoms with Crippen LogP contribution in [0.1, 0.15) is 46.1 Å². The van der Waals surface area contributed by atoms with E-state index in [0.29, 0.717) is 5.56 Å². The van der Waals surface area contributed by atoms with Crippen molar-refractivity contribution in [3.05, 3.63) is 29.8 Å². The van der Waals surface area contributed by atoms with Crippen molar-refractivity contribution in [2.24, 2.45) is 17.6 Å². The molecule has 8 N–H and O–H groups in total. The van der Waals surface area contributed by atoms with Gasteiger partial charge in [-0.05, 0) is 36.0 Å². The zero-order valence-electron chi connectivity index (χ0n) is 20.9. The molecule has 0 fully saturated rings. The van der Waals surface area contributed by atoms with Crippen LogP contribution in [0.25, 0.3) is 0 Å². The van der Waals surface area contributed by atoms with Crippen LogP contribution >= 0.6 is 0 Å². The number of carbonyl (C=O) groups excluding carboxylic acids is 3. The second-order valence-corrected chi connectivity index (χ2v) is 9.26. The normalized spacial score (nSPS) is 14.4. The highest BCUT2D eigenvalue weighted by molar-refractivity contribution is 5.94. The van der Waals surface area contributed by atoms with Crippen LogP contribution in [0.15, 0.2) is 24.3 Å². The summed E-state index contributed by atoms with van der Waals surface area (Å²) in [7, 11) is 0. The van der Waals surface area contributed by atoms with Crippen molar-refractivity contribution in [2.45, 2.75) is 71.1 Å². The third-order valence-corrected chi connectivity index (χ3v) is 5.54. The SMILES string of the molecule is CC(C)C(N)C(=O)NC(Cc1ccc(O)cc1)C(=O)NC(CCC(=O)O)C(=O)NC(C(=O)O)C(C)C. The molecule has 12 nitrogen and oxygen atoms in total. The van der Waals surface area contributed by atoms with Crippen LogP contribution in [0.5, 0.6) is 5.75 Å². The van der Waals surface area contributed by atoms with E-state index in [0.717, 1.165) is 0 Å². The van der Waals surface area contributed by atoms with Gasteiger partial charge in [-0.2, -0.15) is 0 Å². The van der Waals surface area contributed by atoms with E-state index in [2.05, 4.69) is 16.0 Å². The number of benzene rings is 1. The largest absolute Gasteiger partial charge is 0.508 e. The fourth-order valence-electron chi connectivity index (χ4n) is 3.22. The standard InChI is InChI=1S/C24H36N4O8/c1-12(2)19(25)23(34)27-17(11-14-5-7-15(29)8-6-14)22(33)26-16(9-10-18(30)31)21(32)28-20(13(3)4)24(35)36/h5-8,12-13,16-17,19-20,29H,9-11,25H2,1-4H3,(H,26,33)(H,27,34)(H,28,32)(H,30,31)(H,35,36). The van der Waals surface area contributed by atoms with Crippen LogP contribution in [0.2, 0.25) is 0 Å². The number of carboxylic acids is 2. The minimum atomic E-state index is -1.37. The average molecular weight is 509 g/mol. The summed E-state index contributed by atoms with van der Waals surface area (Å²) < 4.78 is 0. The number of hydrogen-bond donors (Lipinski definition) is 7. The lowest BCUT2D eigenvalue weighted by Crippen LogP contribution is -2.58. The highest BCUT2D eigenvalue weighted by Crippen LogP contribution is 2.13. The van der Waals surface area contributed by atoms with E-state index in [1.807, 2.05) is 0 Å². The summed E-state index contributed by atoms with van der Waals surface area (Å²) in [5.41, 5.74) is 6.49. The van der Waals surface area contributed by atoms with Crippen LogP contribution in [0.3, 0.4) is 0 Å². The molecular weight excluding hydrogens is 472 g/mol. The number of aromatic hydroxyl groups is 1. The van der Waals surface area contributed by atoms with Crippen molar-refractivity contribution in [3.8, 4) is 5.75 Å². The summed E-state index contributed by atoms with van der Waals surface area (Å²) in [5.74, 6) is -5.41. The highest BCUT2D eigenvalue weighted by atomic mass is 16.4. The maximum absolute atomic E-state index is 13.2. The molecule has 0 spiro atoms. The third kappa shape index (κ3) is 9.90. The van der Waals surface area contributed by atoms with Crippen LogP contribution in [0.4, 0.5) is 0 Å². The number of nitrogens with one attached hydrogen (secondary N) is 3. The van der Waals surface area contributed by atoms with E-state index in [4.69, 9.17) is 10.8 Å². The van der Waals surface area contributed by atoms with Crippen molar-refractivity contribution < 1.29 is 39.3 Å². The van der Waals surface area contributed by atoms with E-state index in [1.54, 1.807) is 39.8 Å². The Morgan fingerprint density at radius 3 is 1.81 bits per heavy atom. The Morgan fingerprint density at radius 2 is 1.33 bits per heavy atom. The summed E-state index contributed by atoms with van der Waals surface area (Å²) in [5, 5.41) is 35.3. The van der Waals surface area contributed by atoms with Gasteiger partial charge in [-0.1, -0.05) is 39.8 Å². The molecule has 0 radical (unpaired) electrons. The summed E-state index contributed by atoms with van der Waals surface area (Å²) in [6, 6.07) is 1.21. The fraction of sp³-hybridized carbons (Fsp3) is 0.542. The fourth-order valence-corrected chi connectivity index (χ4v) is 3.22. The van der Waals surface area contributed by atoms with Gasteiger partial charge in [-0.3, -0.25) is 19.2 Å². The van der Waals surface area contributed by atoms with Crippen molar-refractivity contribution in [1.82, 2.24) is 16.0 Å². The van der Waals surface area contributed by atoms with E-state index in [-0.39, 0.29) is 24.5 Å². The molecule has 200 valence electrons. The predicted octanol–water partition coefficient (Wildman–Crippen LogP) is -0.0222. The Balaban J connectivity index is 3.17. The molecule has 0 heterocycles. The summed E-state index contributed by atoms with van der Waals surface area (Å²) >= 11 is 0. The maximum atomic E-state index is 13.2. The maximum Gasteiger partial charge on any atom is 0.326 e. The Bertz CT molecular complexity index is 933. The zero-order chi connectivity index (χ0) is 27.6. The number of phenolic OH excluding ortho intramolecular Hbond substituents is 1. The number of rotatable bonds is 14. The Labute approximate surface area is 209 Å². The Hall–Kier alpha value is -3.67. The first kappa shape index (κ1) is 30.4. The molecule has 3 amide bonds. The molecule has 1 rings (SSSR count). The van der Waals surface area contributed by atoms with Gasteiger partial charge in [0.05, 0.1) is 6.04 Å². The van der Waals surface area contributed by atoms with Crippen molar-refractivity contribution in [1.29, 1.82) is 0 Å². The number of phenols is 1. The van der Waals surface area contributed by atoms with Gasteiger partial charge in [-0.15, -0.1) is 0 Å². The smallest absolute Gasteiger partial charge is 0.326 e. The predicted molar refractivity (Wildman–Crippen MR) is 130 cm³/mol. The third-order valence-electron chi connectivity index (χ3n) is 5.54. The van der Waals surface area contributed by atoms with Crippen LogP contribution in [0, 0.1) is 11.8 Å². The first-order chi connectivity index (χ1) is 16.7. The average Bonchev–Trinajstić information content (AvgIpc) is 2.79. The number of carbonyl (C=O) groups is 5. The second-order valence-electron chi connectivity index (χ2n) is 9.26. The van der Waals surface area contributed by atoms with Crippen LogP contribution < -0.4 is 21.7 Å². The van der Waals surface area contributed by atoms with Crippen LogP contribution in [-0.2, 0) is 30.4 Å². The lowest BCUT2D eigenvalue weighted by molar-refractivity contribution is -0.144. The van der Waals surface area contributed by atoms with Crippen molar-refractivity contribution in [2.75, 3.05) is 0 Å². The quantitative estimate of drug-likeness (QED) is 0.180. The monoisotopic (exact) mass is 508 g/mol. The van der Waals surface area contributed by atoms with Gasteiger partial charge in [0, 0.05) is 12.8 Å². The van der Waals surface area contributed by atoms with Crippen LogP contribution in [-0.4, -0.2) is 69.1 Å². The molecule has 0 saturated carbocycles. The molecule has 0 saturated heterocycles. The summed E-state index contributed by atoms with van der Waals surface area (Å²) in [4.78, 5) is 61.2. The van der Waals surface area contributed by atoms with Gasteiger partial charge in [0.2, 0.25) is 17.7 Å². The molecule has 36 heavy (non-hydrogen) atoms. The second kappa shape index (κ2) is 14.0. The zero-order valence-corrected chi connectivity index (χ0v) is 20.9. The summed E-state index contributed by atoms with van der Waals surface area (Å²) in [6.07, 6.45) is -0.784. The Kier molecular flexibility index (Phi) is 11.8. The molecule has 0 bridgehead atoms. The topological polar surface area (TPSA) is 208 Å². The lowest BCUT2D eigenvalue weighted by atomic mass is 10.0. The molecular formula is C24H36N4O8. The molecule has 12 heteroatoms. The molecule has 0 aromatic heterocycles. The molecule has 0 aliphatic heterocycles. The van der Waals surface area contributed by atoms with E-state index in [9.17, 15) is 34.2 Å². The molecule has 1 aromatic carbocycles. The molecule has 0 aliphatic carbocycles. The molecule has 4 atom stereocenters. The number of hydrogen-bond acceptors (Lipinski definition) is 7. The summed E-state index contributed by atoms with van der Waals surface area (Å²) in [6.45, 7) is 6.65. The minimum absolute atomic E-state index is 0.00848. The van der Waals surface area contributed by atoms with E-state index in [1.165, 1.54) is 12.1 Å². The number of aliphatic carboxylic acids is 2. The van der Waals surface area contributed by atoms with Gasteiger partial charge >= 0.3 is 11.9 Å². The first-order valence-corrected chi connectivity index (χ1v) is 11.6. The lowest BCUT2D eigenvalue weighted by Gasteiger charge is -2.26. The van der Waals surface area contributed by atoms with E-state index >= 15 is 0 Å². The first-order valence-electron chi connectivity index (χ1n) is 11.6. The molecule has 1 aromatic rings. The number of nitrogens with two attached hydrogens (primary N) is 1. The van der Waals surface area contributed by atoms with Gasteiger partial charge in [-0.25, -0.2) is 4.79 Å². The van der Waals surface area contributed by atoms with Crippen molar-refractivity contribution in [3.63, 3.8) is 0 Å². The number of amides is 3. The minimum Gasteiger partial charge on any atom is -0.508 e. The van der Waals surface area contributed by atoms with Crippen molar-refractivity contribution >= 4 is 29.7 Å². The molecule has 4 unspecified atom stereocenters. The van der Waals surface area contributed by atoms with Gasteiger partial charge < -0.3 is 37.0 Å². The Morgan fingerprint density at radius 1 is 0.806 bits per heavy atom. The van der Waals surface area contributed by atoms with Gasteiger partial charge in [0.25, 0.3) is 0 Å². The van der Waals surface area contributed by atoms with E-state index < -0.39 is 66.2 Å².